The topological polar surface area (TPSA) is 32.3 Å². The minimum absolute atomic E-state index is 0.468. The largest absolute Gasteiger partial charge is 0.389 e. The van der Waals surface area contributed by atoms with Gasteiger partial charge in [-0.05, 0) is 38.1 Å². The van der Waals surface area contributed by atoms with Crippen LogP contribution in [0.5, 0.6) is 0 Å². The van der Waals surface area contributed by atoms with E-state index in [0.717, 1.165) is 12.8 Å². The molecule has 0 spiro atoms. The Balaban J connectivity index is 2.36. The second-order valence-corrected chi connectivity index (χ2v) is 5.61. The minimum Gasteiger partial charge on any atom is -0.389 e. The SMILES string of the molecule is CCC(Cc1cccs1)NCC(C)(C)O. The number of nitrogens with one attached hydrogen (secondary N) is 1. The Kier molecular flexibility index (Phi) is 4.77. The summed E-state index contributed by atoms with van der Waals surface area (Å²) in [6.45, 7) is 6.49. The number of hydrogen-bond acceptors (Lipinski definition) is 3. The Morgan fingerprint density at radius 3 is 2.73 bits per heavy atom. The molecule has 1 unspecified atom stereocenters. The Morgan fingerprint density at radius 2 is 2.27 bits per heavy atom. The van der Waals surface area contributed by atoms with Crippen LogP contribution in [0.1, 0.15) is 32.1 Å². The Morgan fingerprint density at radius 1 is 1.53 bits per heavy atom. The van der Waals surface area contributed by atoms with Gasteiger partial charge in [-0.1, -0.05) is 13.0 Å². The van der Waals surface area contributed by atoms with Crippen molar-refractivity contribution in [1.82, 2.24) is 5.32 Å². The van der Waals surface area contributed by atoms with Gasteiger partial charge in [-0.25, -0.2) is 0 Å². The second-order valence-electron chi connectivity index (χ2n) is 4.58. The predicted octanol–water partition coefficient (Wildman–Crippen LogP) is 2.43. The molecule has 2 nitrogen and oxygen atoms in total. The van der Waals surface area contributed by atoms with Crippen LogP contribution in [0.3, 0.4) is 0 Å². The molecule has 0 amide bonds. The van der Waals surface area contributed by atoms with Crippen molar-refractivity contribution >= 4 is 11.3 Å². The highest BCUT2D eigenvalue weighted by atomic mass is 32.1. The quantitative estimate of drug-likeness (QED) is 0.782. The van der Waals surface area contributed by atoms with Crippen LogP contribution in [-0.2, 0) is 6.42 Å². The fourth-order valence-corrected chi connectivity index (χ4v) is 2.21. The molecule has 86 valence electrons. The van der Waals surface area contributed by atoms with Gasteiger partial charge in [0.2, 0.25) is 0 Å². The lowest BCUT2D eigenvalue weighted by molar-refractivity contribution is 0.0762. The summed E-state index contributed by atoms with van der Waals surface area (Å²) in [5.41, 5.74) is -0.622. The van der Waals surface area contributed by atoms with E-state index in [1.54, 1.807) is 11.3 Å². The van der Waals surface area contributed by atoms with Crippen LogP contribution in [0.4, 0.5) is 0 Å². The molecule has 1 heterocycles. The van der Waals surface area contributed by atoms with Gasteiger partial charge in [-0.15, -0.1) is 11.3 Å². The summed E-state index contributed by atoms with van der Waals surface area (Å²) >= 11 is 1.80. The maximum absolute atomic E-state index is 9.63. The molecule has 0 saturated heterocycles. The van der Waals surface area contributed by atoms with E-state index >= 15 is 0 Å². The molecule has 15 heavy (non-hydrogen) atoms. The first-order valence-corrected chi connectivity index (χ1v) is 6.37. The molecule has 0 aliphatic heterocycles. The molecule has 0 aromatic carbocycles. The minimum atomic E-state index is -0.622. The van der Waals surface area contributed by atoms with E-state index in [1.165, 1.54) is 4.88 Å². The summed E-state index contributed by atoms with van der Waals surface area (Å²) in [4.78, 5) is 1.41. The highest BCUT2D eigenvalue weighted by Crippen LogP contribution is 2.13. The van der Waals surface area contributed by atoms with Crippen molar-refractivity contribution in [2.45, 2.75) is 45.3 Å². The third kappa shape index (κ3) is 5.30. The molecule has 1 rings (SSSR count). The molecule has 0 aliphatic carbocycles. The van der Waals surface area contributed by atoms with Crippen LogP contribution >= 0.6 is 11.3 Å². The van der Waals surface area contributed by atoms with Gasteiger partial charge in [0.15, 0.2) is 0 Å². The Labute approximate surface area is 96.3 Å². The molecule has 0 aliphatic rings. The third-order valence-electron chi connectivity index (χ3n) is 2.34. The highest BCUT2D eigenvalue weighted by molar-refractivity contribution is 7.09. The molecular weight excluding hydrogens is 206 g/mol. The van der Waals surface area contributed by atoms with E-state index in [4.69, 9.17) is 0 Å². The molecule has 1 atom stereocenters. The third-order valence-corrected chi connectivity index (χ3v) is 3.24. The average molecular weight is 227 g/mol. The van der Waals surface area contributed by atoms with Crippen molar-refractivity contribution in [2.75, 3.05) is 6.54 Å². The lowest BCUT2D eigenvalue weighted by Gasteiger charge is -2.23. The zero-order valence-corrected chi connectivity index (χ0v) is 10.6. The Hall–Kier alpha value is -0.380. The van der Waals surface area contributed by atoms with Gasteiger partial charge in [-0.2, -0.15) is 0 Å². The van der Waals surface area contributed by atoms with Crippen LogP contribution in [-0.4, -0.2) is 23.3 Å². The molecule has 2 N–H and O–H groups in total. The summed E-state index contributed by atoms with van der Waals surface area (Å²) in [6, 6.07) is 4.72. The van der Waals surface area contributed by atoms with E-state index in [-0.39, 0.29) is 0 Å². The number of rotatable bonds is 6. The lowest BCUT2D eigenvalue weighted by Crippen LogP contribution is -2.41. The number of hydrogen-bond donors (Lipinski definition) is 2. The normalized spacial score (nSPS) is 14.1. The zero-order chi connectivity index (χ0) is 11.3. The van der Waals surface area contributed by atoms with E-state index in [1.807, 2.05) is 13.8 Å². The lowest BCUT2D eigenvalue weighted by atomic mass is 10.1. The van der Waals surface area contributed by atoms with E-state index < -0.39 is 5.60 Å². The molecule has 0 saturated carbocycles. The van der Waals surface area contributed by atoms with Crippen LogP contribution in [0.25, 0.3) is 0 Å². The van der Waals surface area contributed by atoms with Crippen LogP contribution in [0.2, 0.25) is 0 Å². The summed E-state index contributed by atoms with van der Waals surface area (Å²) in [6.07, 6.45) is 2.15. The van der Waals surface area contributed by atoms with Gasteiger partial charge in [-0.3, -0.25) is 0 Å². The molecule has 3 heteroatoms. The van der Waals surface area contributed by atoms with E-state index in [9.17, 15) is 5.11 Å². The molecular formula is C12H21NOS. The van der Waals surface area contributed by atoms with E-state index in [2.05, 4.69) is 29.8 Å². The summed E-state index contributed by atoms with van der Waals surface area (Å²) in [5.74, 6) is 0. The fourth-order valence-electron chi connectivity index (χ4n) is 1.43. The van der Waals surface area contributed by atoms with Crippen molar-refractivity contribution in [3.63, 3.8) is 0 Å². The van der Waals surface area contributed by atoms with Crippen LogP contribution in [0, 0.1) is 0 Å². The number of thiophene rings is 1. The molecule has 0 radical (unpaired) electrons. The van der Waals surface area contributed by atoms with Crippen LogP contribution in [0.15, 0.2) is 17.5 Å². The van der Waals surface area contributed by atoms with Crippen LogP contribution < -0.4 is 5.32 Å². The van der Waals surface area contributed by atoms with Crippen molar-refractivity contribution in [2.24, 2.45) is 0 Å². The van der Waals surface area contributed by atoms with Gasteiger partial charge in [0, 0.05) is 17.5 Å². The number of aliphatic hydroxyl groups is 1. The predicted molar refractivity (Wildman–Crippen MR) is 66.4 cm³/mol. The summed E-state index contributed by atoms with van der Waals surface area (Å²) < 4.78 is 0. The average Bonchev–Trinajstić information content (AvgIpc) is 2.63. The van der Waals surface area contributed by atoms with Gasteiger partial charge in [0.05, 0.1) is 5.60 Å². The van der Waals surface area contributed by atoms with Gasteiger partial charge >= 0.3 is 0 Å². The van der Waals surface area contributed by atoms with Gasteiger partial charge in [0.25, 0.3) is 0 Å². The standard InChI is InChI=1S/C12H21NOS/c1-4-10(13-9-12(2,3)14)8-11-6-5-7-15-11/h5-7,10,13-14H,4,8-9H2,1-3H3. The molecule has 1 aromatic rings. The van der Waals surface area contributed by atoms with E-state index in [0.29, 0.717) is 12.6 Å². The summed E-state index contributed by atoms with van der Waals surface area (Å²) in [7, 11) is 0. The van der Waals surface area contributed by atoms with Crippen molar-refractivity contribution in [3.05, 3.63) is 22.4 Å². The molecule has 1 aromatic heterocycles. The highest BCUT2D eigenvalue weighted by Gasteiger charge is 2.15. The van der Waals surface area contributed by atoms with Gasteiger partial charge in [0.1, 0.15) is 0 Å². The maximum atomic E-state index is 9.63. The molecule has 0 fully saturated rings. The summed E-state index contributed by atoms with van der Waals surface area (Å²) in [5, 5.41) is 15.1. The monoisotopic (exact) mass is 227 g/mol. The smallest absolute Gasteiger partial charge is 0.0715 e. The first-order valence-electron chi connectivity index (χ1n) is 5.49. The maximum Gasteiger partial charge on any atom is 0.0715 e. The fraction of sp³-hybridized carbons (Fsp3) is 0.667. The Bertz CT molecular complexity index is 264. The van der Waals surface area contributed by atoms with Gasteiger partial charge < -0.3 is 10.4 Å². The van der Waals surface area contributed by atoms with Crippen molar-refractivity contribution in [1.29, 1.82) is 0 Å². The zero-order valence-electron chi connectivity index (χ0n) is 9.79. The first kappa shape index (κ1) is 12.7. The van der Waals surface area contributed by atoms with Crippen molar-refractivity contribution in [3.8, 4) is 0 Å². The molecule has 0 bridgehead atoms. The first-order chi connectivity index (χ1) is 7.01. The second kappa shape index (κ2) is 5.64. The van der Waals surface area contributed by atoms with Crippen molar-refractivity contribution < 1.29 is 5.11 Å².